The van der Waals surface area contributed by atoms with Crippen molar-refractivity contribution in [1.82, 2.24) is 0 Å². The minimum absolute atomic E-state index is 0.144. The van der Waals surface area contributed by atoms with Crippen molar-refractivity contribution in [2.24, 2.45) is 0 Å². The van der Waals surface area contributed by atoms with E-state index >= 15 is 0 Å². The molecule has 0 radical (unpaired) electrons. The first-order chi connectivity index (χ1) is 9.47. The van der Waals surface area contributed by atoms with Gasteiger partial charge in [-0.25, -0.2) is 4.39 Å². The molecule has 106 valence electrons. The largest absolute Gasteiger partial charge is 0.486 e. The third-order valence-corrected chi connectivity index (χ3v) is 3.38. The maximum atomic E-state index is 13.8. The Balaban J connectivity index is 2.11. The maximum absolute atomic E-state index is 13.8. The van der Waals surface area contributed by atoms with Crippen LogP contribution in [0.4, 0.5) is 4.39 Å². The average Bonchev–Trinajstić information content (AvgIpc) is 2.38. The second-order valence-electron chi connectivity index (χ2n) is 4.75. The van der Waals surface area contributed by atoms with Crippen molar-refractivity contribution in [3.8, 4) is 5.75 Å². The van der Waals surface area contributed by atoms with Gasteiger partial charge in [0, 0.05) is 10.6 Å². The van der Waals surface area contributed by atoms with Crippen LogP contribution in [0.2, 0.25) is 5.02 Å². The predicted octanol–water partition coefficient (Wildman–Crippen LogP) is 4.42. The SMILES string of the molecule is Cc1ccc(COc2ccc(C(C)O)cc2F)c(Cl)c1. The van der Waals surface area contributed by atoms with Crippen LogP contribution in [-0.4, -0.2) is 5.11 Å². The third kappa shape index (κ3) is 3.50. The summed E-state index contributed by atoms with van der Waals surface area (Å²) in [4.78, 5) is 0. The van der Waals surface area contributed by atoms with Crippen LogP contribution in [0.1, 0.15) is 29.7 Å². The number of rotatable bonds is 4. The Morgan fingerprint density at radius 2 is 2.00 bits per heavy atom. The molecule has 1 unspecified atom stereocenters. The average molecular weight is 295 g/mol. The second kappa shape index (κ2) is 6.25. The standard InChI is InChI=1S/C16H16ClFO2/c1-10-3-4-13(14(17)7-10)9-20-16-6-5-12(11(2)19)8-15(16)18/h3-8,11,19H,9H2,1-2H3. The maximum Gasteiger partial charge on any atom is 0.165 e. The zero-order chi connectivity index (χ0) is 14.7. The first kappa shape index (κ1) is 14.8. The normalized spacial score (nSPS) is 12.2. The Hall–Kier alpha value is -1.58. The fourth-order valence-corrected chi connectivity index (χ4v) is 2.11. The highest BCUT2D eigenvalue weighted by atomic mass is 35.5. The zero-order valence-electron chi connectivity index (χ0n) is 11.4. The van der Waals surface area contributed by atoms with Gasteiger partial charge in [0.15, 0.2) is 11.6 Å². The Morgan fingerprint density at radius 1 is 1.25 bits per heavy atom. The van der Waals surface area contributed by atoms with E-state index in [0.29, 0.717) is 10.6 Å². The number of aliphatic hydroxyl groups excluding tert-OH is 1. The summed E-state index contributed by atoms with van der Waals surface area (Å²) in [7, 11) is 0. The van der Waals surface area contributed by atoms with Crippen LogP contribution in [0.25, 0.3) is 0 Å². The molecule has 0 fully saturated rings. The molecule has 0 saturated carbocycles. The monoisotopic (exact) mass is 294 g/mol. The number of aryl methyl sites for hydroxylation is 1. The lowest BCUT2D eigenvalue weighted by molar-refractivity contribution is 0.198. The molecule has 2 nitrogen and oxygen atoms in total. The summed E-state index contributed by atoms with van der Waals surface area (Å²) in [5.41, 5.74) is 2.38. The van der Waals surface area contributed by atoms with Crippen LogP contribution in [-0.2, 0) is 6.61 Å². The molecule has 0 bridgehead atoms. The van der Waals surface area contributed by atoms with Crippen LogP contribution < -0.4 is 4.74 Å². The van der Waals surface area contributed by atoms with Crippen molar-refractivity contribution in [2.45, 2.75) is 26.6 Å². The predicted molar refractivity (Wildman–Crippen MR) is 77.6 cm³/mol. The molecule has 2 aromatic carbocycles. The van der Waals surface area contributed by atoms with Crippen molar-refractivity contribution in [3.05, 3.63) is 63.9 Å². The summed E-state index contributed by atoms with van der Waals surface area (Å²) in [6, 6.07) is 10.1. The lowest BCUT2D eigenvalue weighted by Crippen LogP contribution is -2.00. The summed E-state index contributed by atoms with van der Waals surface area (Å²) in [5.74, 6) is -0.349. The van der Waals surface area contributed by atoms with E-state index in [0.717, 1.165) is 11.1 Å². The summed E-state index contributed by atoms with van der Waals surface area (Å²) < 4.78 is 19.2. The van der Waals surface area contributed by atoms with E-state index in [1.165, 1.54) is 12.1 Å². The lowest BCUT2D eigenvalue weighted by atomic mass is 10.1. The van der Waals surface area contributed by atoms with Crippen LogP contribution in [0.15, 0.2) is 36.4 Å². The Bertz CT molecular complexity index is 611. The van der Waals surface area contributed by atoms with Crippen LogP contribution >= 0.6 is 11.6 Å². The third-order valence-electron chi connectivity index (χ3n) is 3.03. The fraction of sp³-hybridized carbons (Fsp3) is 0.250. The van der Waals surface area contributed by atoms with Crippen molar-refractivity contribution in [2.75, 3.05) is 0 Å². The van der Waals surface area contributed by atoms with Gasteiger partial charge in [-0.2, -0.15) is 0 Å². The number of benzene rings is 2. The highest BCUT2D eigenvalue weighted by Crippen LogP contribution is 2.24. The van der Waals surface area contributed by atoms with Gasteiger partial charge < -0.3 is 9.84 Å². The number of ether oxygens (including phenoxy) is 1. The molecule has 0 saturated heterocycles. The van der Waals surface area contributed by atoms with Crippen LogP contribution in [0, 0.1) is 12.7 Å². The highest BCUT2D eigenvalue weighted by Gasteiger charge is 2.09. The first-order valence-corrected chi connectivity index (χ1v) is 6.70. The van der Waals surface area contributed by atoms with E-state index in [4.69, 9.17) is 16.3 Å². The van der Waals surface area contributed by atoms with Crippen LogP contribution in [0.3, 0.4) is 0 Å². The Morgan fingerprint density at radius 3 is 2.60 bits per heavy atom. The van der Waals surface area contributed by atoms with Crippen molar-refractivity contribution < 1.29 is 14.2 Å². The molecule has 1 N–H and O–H groups in total. The highest BCUT2D eigenvalue weighted by molar-refractivity contribution is 6.31. The molecule has 0 aromatic heterocycles. The van der Waals surface area contributed by atoms with Gasteiger partial charge in [0.05, 0.1) is 6.10 Å². The Labute approximate surface area is 122 Å². The summed E-state index contributed by atoms with van der Waals surface area (Å²) in [6.45, 7) is 3.73. The topological polar surface area (TPSA) is 29.5 Å². The van der Waals surface area contributed by atoms with Gasteiger partial charge in [-0.3, -0.25) is 0 Å². The number of hydrogen-bond acceptors (Lipinski definition) is 2. The van der Waals surface area contributed by atoms with Gasteiger partial charge in [-0.05, 0) is 43.2 Å². The number of aliphatic hydroxyl groups is 1. The molecule has 0 amide bonds. The number of halogens is 2. The van der Waals surface area contributed by atoms with E-state index in [1.807, 2.05) is 25.1 Å². The molecular formula is C16H16ClFO2. The van der Waals surface area contributed by atoms with Crippen molar-refractivity contribution in [3.63, 3.8) is 0 Å². The second-order valence-corrected chi connectivity index (χ2v) is 5.16. The van der Waals surface area contributed by atoms with Gasteiger partial charge in [0.25, 0.3) is 0 Å². The molecule has 20 heavy (non-hydrogen) atoms. The minimum atomic E-state index is -0.704. The van der Waals surface area contributed by atoms with E-state index < -0.39 is 11.9 Å². The van der Waals surface area contributed by atoms with Crippen LogP contribution in [0.5, 0.6) is 5.75 Å². The fourth-order valence-electron chi connectivity index (χ4n) is 1.82. The minimum Gasteiger partial charge on any atom is -0.486 e. The Kier molecular flexibility index (Phi) is 4.63. The quantitative estimate of drug-likeness (QED) is 0.904. The molecule has 4 heteroatoms. The smallest absolute Gasteiger partial charge is 0.165 e. The van der Waals surface area contributed by atoms with E-state index in [-0.39, 0.29) is 12.4 Å². The molecule has 0 heterocycles. The zero-order valence-corrected chi connectivity index (χ0v) is 12.1. The molecule has 0 aliphatic carbocycles. The number of hydrogen-bond donors (Lipinski definition) is 1. The van der Waals surface area contributed by atoms with Crippen molar-refractivity contribution >= 4 is 11.6 Å². The molecule has 2 rings (SSSR count). The molecule has 0 spiro atoms. The summed E-state index contributed by atoms with van der Waals surface area (Å²) in [6.07, 6.45) is -0.704. The first-order valence-electron chi connectivity index (χ1n) is 6.32. The molecule has 0 aliphatic heterocycles. The van der Waals surface area contributed by atoms with Gasteiger partial charge in [-0.1, -0.05) is 29.8 Å². The van der Waals surface area contributed by atoms with Crippen molar-refractivity contribution in [1.29, 1.82) is 0 Å². The summed E-state index contributed by atoms with van der Waals surface area (Å²) >= 11 is 6.10. The summed E-state index contributed by atoms with van der Waals surface area (Å²) in [5, 5.41) is 9.99. The van der Waals surface area contributed by atoms with Gasteiger partial charge in [0.1, 0.15) is 6.61 Å². The van der Waals surface area contributed by atoms with Gasteiger partial charge in [0.2, 0.25) is 0 Å². The molecule has 2 aromatic rings. The molecule has 0 aliphatic rings. The van der Waals surface area contributed by atoms with Gasteiger partial charge in [-0.15, -0.1) is 0 Å². The van der Waals surface area contributed by atoms with E-state index in [9.17, 15) is 9.50 Å². The molecule has 1 atom stereocenters. The molecular weight excluding hydrogens is 279 g/mol. The van der Waals surface area contributed by atoms with E-state index in [2.05, 4.69) is 0 Å². The van der Waals surface area contributed by atoms with Gasteiger partial charge >= 0.3 is 0 Å². The lowest BCUT2D eigenvalue weighted by Gasteiger charge is -2.11. The van der Waals surface area contributed by atoms with E-state index in [1.54, 1.807) is 13.0 Å².